The molecule has 0 aromatic carbocycles. The van der Waals surface area contributed by atoms with Crippen molar-refractivity contribution in [2.24, 2.45) is 5.92 Å². The Hall–Kier alpha value is -0.910. The van der Waals surface area contributed by atoms with Crippen molar-refractivity contribution >= 4 is 23.8 Å². The molecule has 0 aromatic heterocycles. The minimum absolute atomic E-state index is 0.141. The molecular weight excluding hydrogens is 288 g/mol. The van der Waals surface area contributed by atoms with Gasteiger partial charge >= 0.3 is 12.0 Å². The zero-order valence-electron chi connectivity index (χ0n) is 12.8. The first-order valence-electron chi connectivity index (χ1n) is 7.84. The fraction of sp³-hybridized carbons (Fsp3) is 0.867. The molecule has 2 rings (SSSR count). The normalized spacial score (nSPS) is 20.8. The number of rotatable bonds is 7. The summed E-state index contributed by atoms with van der Waals surface area (Å²) in [4.78, 5) is 24.7. The molecule has 2 amide bonds. The molecule has 0 radical (unpaired) electrons. The highest BCUT2D eigenvalue weighted by Gasteiger charge is 2.33. The number of carboxylic acid groups (broad SMARTS) is 1. The summed E-state index contributed by atoms with van der Waals surface area (Å²) in [6, 6.07) is -0.219. The average Bonchev–Trinajstić information content (AvgIpc) is 3.28. The standard InChI is InChI=1S/C15H26N2O3S/c1-21-15(7-3-2-4-8-15)11-16-14(20)17(10-13(18)19)9-12-5-6-12/h12H,2-11H2,1H3,(H,16,20)(H,18,19). The van der Waals surface area contributed by atoms with Gasteiger partial charge in [-0.25, -0.2) is 4.79 Å². The average molecular weight is 314 g/mol. The van der Waals surface area contributed by atoms with Crippen LogP contribution in [0.25, 0.3) is 0 Å². The van der Waals surface area contributed by atoms with Gasteiger partial charge in [-0.05, 0) is 37.9 Å². The van der Waals surface area contributed by atoms with Crippen LogP contribution < -0.4 is 5.32 Å². The second-order valence-electron chi connectivity index (χ2n) is 6.32. The molecule has 120 valence electrons. The molecule has 2 aliphatic carbocycles. The lowest BCUT2D eigenvalue weighted by molar-refractivity contribution is -0.137. The number of nitrogens with one attached hydrogen (secondary N) is 1. The Labute approximate surface area is 130 Å². The molecule has 0 saturated heterocycles. The van der Waals surface area contributed by atoms with Gasteiger partial charge in [0.05, 0.1) is 0 Å². The van der Waals surface area contributed by atoms with E-state index in [2.05, 4.69) is 11.6 Å². The Morgan fingerprint density at radius 2 is 1.95 bits per heavy atom. The molecule has 2 N–H and O–H groups in total. The van der Waals surface area contributed by atoms with Gasteiger partial charge in [0.2, 0.25) is 0 Å². The van der Waals surface area contributed by atoms with Crippen molar-refractivity contribution in [2.75, 3.05) is 25.9 Å². The third-order valence-electron chi connectivity index (χ3n) is 4.55. The number of carboxylic acids is 1. The Bertz CT molecular complexity index is 379. The summed E-state index contributed by atoms with van der Waals surface area (Å²) in [5.41, 5.74) is 0. The van der Waals surface area contributed by atoms with Gasteiger partial charge in [0, 0.05) is 17.8 Å². The van der Waals surface area contributed by atoms with Crippen molar-refractivity contribution < 1.29 is 14.7 Å². The highest BCUT2D eigenvalue weighted by molar-refractivity contribution is 8.00. The van der Waals surface area contributed by atoms with E-state index in [1.165, 1.54) is 24.2 Å². The molecule has 21 heavy (non-hydrogen) atoms. The highest BCUT2D eigenvalue weighted by atomic mass is 32.2. The molecule has 6 heteroatoms. The van der Waals surface area contributed by atoms with Gasteiger partial charge in [0.15, 0.2) is 0 Å². The first kappa shape index (κ1) is 16.5. The number of aliphatic carboxylic acids is 1. The van der Waals surface area contributed by atoms with Crippen LogP contribution in [0.5, 0.6) is 0 Å². The van der Waals surface area contributed by atoms with Gasteiger partial charge in [-0.15, -0.1) is 0 Å². The fourth-order valence-electron chi connectivity index (χ4n) is 2.99. The fourth-order valence-corrected chi connectivity index (χ4v) is 3.91. The van der Waals surface area contributed by atoms with Crippen LogP contribution in [-0.2, 0) is 4.79 Å². The number of carbonyl (C=O) groups is 2. The maximum Gasteiger partial charge on any atom is 0.323 e. The molecular formula is C15H26N2O3S. The largest absolute Gasteiger partial charge is 0.480 e. The smallest absolute Gasteiger partial charge is 0.323 e. The number of urea groups is 1. The van der Waals surface area contributed by atoms with E-state index in [-0.39, 0.29) is 17.3 Å². The predicted octanol–water partition coefficient (Wildman–Crippen LogP) is 2.56. The zero-order valence-corrected chi connectivity index (χ0v) is 13.6. The first-order valence-corrected chi connectivity index (χ1v) is 9.07. The third-order valence-corrected chi connectivity index (χ3v) is 5.97. The molecule has 0 heterocycles. The molecule has 0 aliphatic heterocycles. The second kappa shape index (κ2) is 7.38. The lowest BCUT2D eigenvalue weighted by Gasteiger charge is -2.36. The summed E-state index contributed by atoms with van der Waals surface area (Å²) in [7, 11) is 0. The Kier molecular flexibility index (Phi) is 5.79. The van der Waals surface area contributed by atoms with E-state index in [0.29, 0.717) is 19.0 Å². The second-order valence-corrected chi connectivity index (χ2v) is 7.60. The lowest BCUT2D eigenvalue weighted by atomic mass is 9.88. The molecule has 0 unspecified atom stereocenters. The van der Waals surface area contributed by atoms with Gasteiger partial charge in [-0.1, -0.05) is 19.3 Å². The van der Waals surface area contributed by atoms with Crippen LogP contribution in [0, 0.1) is 5.92 Å². The van der Waals surface area contributed by atoms with Crippen LogP contribution in [0.3, 0.4) is 0 Å². The van der Waals surface area contributed by atoms with Crippen molar-refractivity contribution in [1.82, 2.24) is 10.2 Å². The van der Waals surface area contributed by atoms with Gasteiger partial charge in [0.1, 0.15) is 6.54 Å². The van der Waals surface area contributed by atoms with E-state index in [9.17, 15) is 9.59 Å². The SMILES string of the molecule is CSC1(CNC(=O)N(CC(=O)O)CC2CC2)CCCCC1. The van der Waals surface area contributed by atoms with Gasteiger partial charge < -0.3 is 15.3 Å². The van der Waals surface area contributed by atoms with Crippen LogP contribution >= 0.6 is 11.8 Å². The van der Waals surface area contributed by atoms with Crippen LogP contribution in [0.1, 0.15) is 44.9 Å². The summed E-state index contributed by atoms with van der Waals surface area (Å²) >= 11 is 1.84. The number of amides is 2. The Balaban J connectivity index is 1.86. The van der Waals surface area contributed by atoms with E-state index in [1.54, 1.807) is 0 Å². The number of nitrogens with zero attached hydrogens (tertiary/aromatic N) is 1. The number of thioether (sulfide) groups is 1. The molecule has 0 aromatic rings. The van der Waals surface area contributed by atoms with E-state index < -0.39 is 5.97 Å². The number of hydrogen-bond donors (Lipinski definition) is 2. The Morgan fingerprint density at radius 3 is 2.48 bits per heavy atom. The van der Waals surface area contributed by atoms with Crippen molar-refractivity contribution in [3.05, 3.63) is 0 Å². The first-order chi connectivity index (χ1) is 10.0. The number of carbonyl (C=O) groups excluding carboxylic acids is 1. The van der Waals surface area contributed by atoms with E-state index in [1.807, 2.05) is 11.8 Å². The predicted molar refractivity (Wildman–Crippen MR) is 84.7 cm³/mol. The summed E-state index contributed by atoms with van der Waals surface area (Å²) in [6.45, 7) is 1.02. The monoisotopic (exact) mass is 314 g/mol. The van der Waals surface area contributed by atoms with Gasteiger partial charge in [-0.2, -0.15) is 11.8 Å². The third kappa shape index (κ3) is 5.09. The topological polar surface area (TPSA) is 69.6 Å². The van der Waals surface area contributed by atoms with Gasteiger partial charge in [0.25, 0.3) is 0 Å². The van der Waals surface area contributed by atoms with Crippen LogP contribution in [-0.4, -0.2) is 52.6 Å². The maximum absolute atomic E-state index is 12.3. The van der Waals surface area contributed by atoms with Crippen LogP contribution in [0.15, 0.2) is 0 Å². The molecule has 2 fully saturated rings. The molecule has 5 nitrogen and oxygen atoms in total. The van der Waals surface area contributed by atoms with Crippen molar-refractivity contribution in [1.29, 1.82) is 0 Å². The minimum Gasteiger partial charge on any atom is -0.480 e. The van der Waals surface area contributed by atoms with E-state index in [0.717, 1.165) is 25.7 Å². The minimum atomic E-state index is -0.942. The zero-order chi connectivity index (χ0) is 15.3. The summed E-state index contributed by atoms with van der Waals surface area (Å²) in [6.07, 6.45) is 10.3. The van der Waals surface area contributed by atoms with Crippen LogP contribution in [0.2, 0.25) is 0 Å². The highest BCUT2D eigenvalue weighted by Crippen LogP contribution is 2.38. The molecule has 2 saturated carbocycles. The molecule has 2 aliphatic rings. The van der Waals surface area contributed by atoms with Crippen molar-refractivity contribution in [3.8, 4) is 0 Å². The molecule has 0 bridgehead atoms. The van der Waals surface area contributed by atoms with E-state index >= 15 is 0 Å². The van der Waals surface area contributed by atoms with Gasteiger partial charge in [-0.3, -0.25) is 4.79 Å². The summed E-state index contributed by atoms with van der Waals surface area (Å²) < 4.78 is 0.141. The maximum atomic E-state index is 12.3. The van der Waals surface area contributed by atoms with E-state index in [4.69, 9.17) is 5.11 Å². The Morgan fingerprint density at radius 1 is 1.29 bits per heavy atom. The van der Waals surface area contributed by atoms with Crippen molar-refractivity contribution in [3.63, 3.8) is 0 Å². The molecule has 0 atom stereocenters. The summed E-state index contributed by atoms with van der Waals surface area (Å²) in [5, 5.41) is 11.9. The summed E-state index contributed by atoms with van der Waals surface area (Å²) in [5.74, 6) is -0.442. The molecule has 0 spiro atoms. The van der Waals surface area contributed by atoms with Crippen molar-refractivity contribution in [2.45, 2.75) is 49.7 Å². The lowest BCUT2D eigenvalue weighted by Crippen LogP contribution is -2.49. The number of hydrogen-bond acceptors (Lipinski definition) is 3. The van der Waals surface area contributed by atoms with Crippen LogP contribution in [0.4, 0.5) is 4.79 Å². The quantitative estimate of drug-likeness (QED) is 0.758.